The van der Waals surface area contributed by atoms with Gasteiger partial charge in [0.05, 0.1) is 19.3 Å². The van der Waals surface area contributed by atoms with Crippen LogP contribution in [0.3, 0.4) is 0 Å². The molecule has 2 aromatic rings. The van der Waals surface area contributed by atoms with Crippen LogP contribution in [0.25, 0.3) is 0 Å². The SMILES string of the molecule is C=CCNC(=NCc1nnc(C)n1C)NCC(c1ccc(C)s1)N1CCOCC1.I. The first kappa shape index (κ1) is 24.8. The lowest BCUT2D eigenvalue weighted by Gasteiger charge is -2.34. The number of ether oxygens (including phenoxy) is 1. The third kappa shape index (κ3) is 6.76. The Morgan fingerprint density at radius 3 is 2.67 bits per heavy atom. The Hall–Kier alpha value is -1.50. The third-order valence-electron chi connectivity index (χ3n) is 5.01. The first-order chi connectivity index (χ1) is 14.1. The highest BCUT2D eigenvalue weighted by Gasteiger charge is 2.24. The van der Waals surface area contributed by atoms with Crippen molar-refractivity contribution in [2.24, 2.45) is 12.0 Å². The van der Waals surface area contributed by atoms with Gasteiger partial charge in [-0.15, -0.1) is 52.1 Å². The maximum Gasteiger partial charge on any atom is 0.192 e. The first-order valence-corrected chi connectivity index (χ1v) is 10.8. The second kappa shape index (κ2) is 12.4. The van der Waals surface area contributed by atoms with E-state index < -0.39 is 0 Å². The van der Waals surface area contributed by atoms with Crippen molar-refractivity contribution in [3.63, 3.8) is 0 Å². The molecule has 1 saturated heterocycles. The molecule has 1 aliphatic heterocycles. The van der Waals surface area contributed by atoms with E-state index in [-0.39, 0.29) is 30.0 Å². The van der Waals surface area contributed by atoms with E-state index in [9.17, 15) is 0 Å². The van der Waals surface area contributed by atoms with Gasteiger partial charge in [-0.25, -0.2) is 4.99 Å². The van der Waals surface area contributed by atoms with Crippen LogP contribution >= 0.6 is 35.3 Å². The van der Waals surface area contributed by atoms with Gasteiger partial charge in [-0.05, 0) is 26.0 Å². The number of thiophene rings is 1. The van der Waals surface area contributed by atoms with Crippen molar-refractivity contribution < 1.29 is 4.74 Å². The number of hydrogen-bond donors (Lipinski definition) is 2. The highest BCUT2D eigenvalue weighted by Crippen LogP contribution is 2.27. The molecule has 3 heterocycles. The van der Waals surface area contributed by atoms with Crippen molar-refractivity contribution in [2.75, 3.05) is 39.4 Å². The van der Waals surface area contributed by atoms with Gasteiger partial charge in [0, 0.05) is 43.0 Å². The molecule has 0 saturated carbocycles. The molecule has 1 fully saturated rings. The summed E-state index contributed by atoms with van der Waals surface area (Å²) in [6.07, 6.45) is 1.83. The molecule has 3 rings (SSSR count). The number of halogens is 1. The molecule has 8 nitrogen and oxygen atoms in total. The summed E-state index contributed by atoms with van der Waals surface area (Å²) < 4.78 is 7.51. The molecule has 2 N–H and O–H groups in total. The van der Waals surface area contributed by atoms with Crippen LogP contribution in [0.4, 0.5) is 0 Å². The summed E-state index contributed by atoms with van der Waals surface area (Å²) in [6, 6.07) is 4.71. The fourth-order valence-corrected chi connectivity index (χ4v) is 4.22. The van der Waals surface area contributed by atoms with Gasteiger partial charge in [-0.3, -0.25) is 4.90 Å². The minimum atomic E-state index is 0. The van der Waals surface area contributed by atoms with Gasteiger partial charge < -0.3 is 19.9 Å². The van der Waals surface area contributed by atoms with Crippen molar-refractivity contribution in [1.29, 1.82) is 0 Å². The van der Waals surface area contributed by atoms with Crippen LogP contribution in [0.15, 0.2) is 29.8 Å². The van der Waals surface area contributed by atoms with Crippen molar-refractivity contribution in [3.05, 3.63) is 46.2 Å². The Balaban J connectivity index is 0.00000320. The van der Waals surface area contributed by atoms with Crippen LogP contribution < -0.4 is 10.6 Å². The van der Waals surface area contributed by atoms with Crippen molar-refractivity contribution in [1.82, 2.24) is 30.3 Å². The largest absolute Gasteiger partial charge is 0.379 e. The predicted molar refractivity (Wildman–Crippen MR) is 133 cm³/mol. The quantitative estimate of drug-likeness (QED) is 0.230. The highest BCUT2D eigenvalue weighted by molar-refractivity contribution is 14.0. The summed E-state index contributed by atoms with van der Waals surface area (Å²) in [5.41, 5.74) is 0. The molecule has 1 aliphatic rings. The molecule has 30 heavy (non-hydrogen) atoms. The molecule has 0 bridgehead atoms. The lowest BCUT2D eigenvalue weighted by molar-refractivity contribution is 0.0177. The van der Waals surface area contributed by atoms with E-state index in [1.165, 1.54) is 9.75 Å². The molecular formula is C20H32IN7OS. The molecule has 0 aliphatic carbocycles. The zero-order chi connectivity index (χ0) is 20.6. The average Bonchev–Trinajstić information content (AvgIpc) is 3.30. The maximum atomic E-state index is 5.55. The lowest BCUT2D eigenvalue weighted by atomic mass is 10.2. The Kier molecular flexibility index (Phi) is 10.2. The standard InChI is InChI=1S/C20H31N7OS.HI/c1-5-8-21-20(23-14-19-25-24-16(3)26(19)4)22-13-17(18-7-6-15(2)29-18)27-9-11-28-12-10-27;/h5-7,17H,1,8-14H2,2-4H3,(H2,21,22,23);1H. The zero-order valence-electron chi connectivity index (χ0n) is 17.9. The number of guanidine groups is 1. The van der Waals surface area contributed by atoms with Crippen molar-refractivity contribution >= 4 is 41.3 Å². The predicted octanol–water partition coefficient (Wildman–Crippen LogP) is 2.41. The summed E-state index contributed by atoms with van der Waals surface area (Å²) in [4.78, 5) is 9.88. The smallest absolute Gasteiger partial charge is 0.192 e. The normalized spacial score (nSPS) is 16.0. The monoisotopic (exact) mass is 545 g/mol. The molecule has 1 unspecified atom stereocenters. The Bertz CT molecular complexity index is 829. The third-order valence-corrected chi connectivity index (χ3v) is 6.12. The topological polar surface area (TPSA) is 79.6 Å². The number of aromatic nitrogens is 3. The van der Waals surface area contributed by atoms with Gasteiger partial charge in [0.2, 0.25) is 0 Å². The molecule has 2 aromatic heterocycles. The number of nitrogens with one attached hydrogen (secondary N) is 2. The molecule has 0 radical (unpaired) electrons. The van der Waals surface area contributed by atoms with E-state index in [1.54, 1.807) is 0 Å². The maximum absolute atomic E-state index is 5.55. The van der Waals surface area contributed by atoms with E-state index in [0.29, 0.717) is 13.1 Å². The van der Waals surface area contributed by atoms with Crippen LogP contribution in [0.5, 0.6) is 0 Å². The fraction of sp³-hybridized carbons (Fsp3) is 0.550. The summed E-state index contributed by atoms with van der Waals surface area (Å²) in [5, 5.41) is 15.1. The number of morpholine rings is 1. The second-order valence-corrected chi connectivity index (χ2v) is 8.37. The Morgan fingerprint density at radius 2 is 2.07 bits per heavy atom. The van der Waals surface area contributed by atoms with E-state index >= 15 is 0 Å². The number of aryl methyl sites for hydroxylation is 2. The van der Waals surface area contributed by atoms with Crippen LogP contribution in [-0.4, -0.2) is 65.0 Å². The first-order valence-electron chi connectivity index (χ1n) is 9.94. The van der Waals surface area contributed by atoms with Crippen LogP contribution in [0.1, 0.15) is 27.4 Å². The second-order valence-electron chi connectivity index (χ2n) is 7.05. The van der Waals surface area contributed by atoms with E-state index in [4.69, 9.17) is 9.73 Å². The molecule has 1 atom stereocenters. The molecule has 10 heteroatoms. The number of hydrogen-bond acceptors (Lipinski definition) is 6. The van der Waals surface area contributed by atoms with Crippen LogP contribution in [0, 0.1) is 13.8 Å². The summed E-state index contributed by atoms with van der Waals surface area (Å²) in [7, 11) is 1.96. The van der Waals surface area contributed by atoms with E-state index in [0.717, 1.165) is 50.5 Å². The Labute approximate surface area is 199 Å². The fourth-order valence-electron chi connectivity index (χ4n) is 3.21. The highest BCUT2D eigenvalue weighted by atomic mass is 127. The van der Waals surface area contributed by atoms with Gasteiger partial charge in [0.1, 0.15) is 12.4 Å². The van der Waals surface area contributed by atoms with Crippen LogP contribution in [-0.2, 0) is 18.3 Å². The van der Waals surface area contributed by atoms with Gasteiger partial charge in [0.25, 0.3) is 0 Å². The Morgan fingerprint density at radius 1 is 1.30 bits per heavy atom. The molecule has 0 amide bonds. The number of nitrogens with zero attached hydrogens (tertiary/aromatic N) is 5. The minimum Gasteiger partial charge on any atom is -0.379 e. The molecule has 0 spiro atoms. The van der Waals surface area contributed by atoms with Crippen molar-refractivity contribution in [2.45, 2.75) is 26.4 Å². The van der Waals surface area contributed by atoms with Gasteiger partial charge in [-0.1, -0.05) is 6.08 Å². The lowest BCUT2D eigenvalue weighted by Crippen LogP contribution is -2.46. The molecule has 166 valence electrons. The summed E-state index contributed by atoms with van der Waals surface area (Å²) in [5.74, 6) is 2.46. The van der Waals surface area contributed by atoms with Gasteiger partial charge in [-0.2, -0.15) is 0 Å². The van der Waals surface area contributed by atoms with E-state index in [2.05, 4.69) is 51.4 Å². The van der Waals surface area contributed by atoms with Gasteiger partial charge >= 0.3 is 0 Å². The molecular weight excluding hydrogens is 513 g/mol. The minimum absolute atomic E-state index is 0. The van der Waals surface area contributed by atoms with Crippen LogP contribution in [0.2, 0.25) is 0 Å². The summed E-state index contributed by atoms with van der Waals surface area (Å²) in [6.45, 7) is 13.2. The molecule has 0 aromatic carbocycles. The number of rotatable bonds is 8. The average molecular weight is 545 g/mol. The van der Waals surface area contributed by atoms with Gasteiger partial charge in [0.15, 0.2) is 11.8 Å². The van der Waals surface area contributed by atoms with E-state index in [1.807, 2.05) is 36.0 Å². The van der Waals surface area contributed by atoms with Crippen molar-refractivity contribution in [3.8, 4) is 0 Å². The zero-order valence-corrected chi connectivity index (χ0v) is 21.1. The number of aliphatic imine (C=N–C) groups is 1. The summed E-state index contributed by atoms with van der Waals surface area (Å²) >= 11 is 1.85.